The van der Waals surface area contributed by atoms with Gasteiger partial charge in [0.1, 0.15) is 12.1 Å². The van der Waals surface area contributed by atoms with Gasteiger partial charge in [-0.2, -0.15) is 0 Å². The quantitative estimate of drug-likeness (QED) is 0.388. The molecule has 0 aromatic carbocycles. The van der Waals surface area contributed by atoms with Gasteiger partial charge in [-0.25, -0.2) is 5.06 Å². The second-order valence-electron chi connectivity index (χ2n) is 4.82. The fraction of sp³-hybridized carbons (Fsp3) is 0.583. The topological polar surface area (TPSA) is 179 Å². The molecule has 3 atom stereocenters. The van der Waals surface area contributed by atoms with Crippen LogP contribution in [-0.4, -0.2) is 53.0 Å². The predicted molar refractivity (Wildman–Crippen MR) is 62.0 cm³/mol. The maximum absolute atomic E-state index is 12.2. The van der Waals surface area contributed by atoms with Crippen LogP contribution in [0.15, 0.2) is 0 Å². The van der Waals surface area contributed by atoms with Crippen LogP contribution in [-0.2, 0) is 28.8 Å². The summed E-state index contributed by atoms with van der Waals surface area (Å²) in [6.45, 7) is 1.01. The van der Waals surface area contributed by atoms with Crippen LogP contribution < -0.4 is 175 Å². The van der Waals surface area contributed by atoms with E-state index in [0.29, 0.717) is 0 Å². The van der Waals surface area contributed by atoms with Crippen LogP contribution in [0.1, 0.15) is 26.2 Å². The molecule has 26 heavy (non-hydrogen) atoms. The molecule has 1 N–H and O–H groups in total. The third kappa shape index (κ3) is 10.8. The minimum Gasteiger partial charge on any atom is -0.550 e. The number of carbonyl (C=O) groups is 5. The Labute approximate surface area is 276 Å². The molecule has 14 heteroatoms. The molecule has 11 nitrogen and oxygen atoms in total. The van der Waals surface area contributed by atoms with E-state index in [0.717, 1.165) is 6.92 Å². The van der Waals surface area contributed by atoms with Gasteiger partial charge in [-0.1, -0.05) is 0 Å². The van der Waals surface area contributed by atoms with Gasteiger partial charge in [-0.05, 0) is 12.8 Å². The Morgan fingerprint density at radius 3 is 1.96 bits per heavy atom. The van der Waals surface area contributed by atoms with Crippen molar-refractivity contribution < 1.29 is 198 Å². The number of nitrogens with one attached hydrogen (secondary N) is 1. The maximum Gasteiger partial charge on any atom is 1.00 e. The zero-order valence-electron chi connectivity index (χ0n) is 15.0. The summed E-state index contributed by atoms with van der Waals surface area (Å²) < 4.78 is 0. The summed E-state index contributed by atoms with van der Waals surface area (Å²) in [4.78, 5) is 60.6. The fourth-order valence-electron chi connectivity index (χ4n) is 2.04. The minimum absolute atomic E-state index is 0. The van der Waals surface area contributed by atoms with E-state index >= 15 is 0 Å². The Morgan fingerprint density at radius 2 is 1.58 bits per heavy atom. The van der Waals surface area contributed by atoms with Gasteiger partial charge in [0, 0.05) is 19.3 Å². The summed E-state index contributed by atoms with van der Waals surface area (Å²) in [5, 5.41) is 34.7. The Hall–Kier alpha value is 2.22. The molecule has 0 aromatic heterocycles. The van der Waals surface area contributed by atoms with Crippen molar-refractivity contribution in [3.05, 3.63) is 0 Å². The molecular weight excluding hydrogens is 433 g/mol. The zero-order chi connectivity index (χ0) is 17.7. The average molecular weight is 447 g/mol. The molecule has 0 spiro atoms. The first-order valence-corrected chi connectivity index (χ1v) is 6.52. The van der Waals surface area contributed by atoms with Crippen LogP contribution in [0.4, 0.5) is 0 Å². The Morgan fingerprint density at radius 1 is 1.04 bits per heavy atom. The summed E-state index contributed by atoms with van der Waals surface area (Å²) in [5.74, 6) is -7.08. The third-order valence-corrected chi connectivity index (χ3v) is 3.02. The van der Waals surface area contributed by atoms with E-state index in [9.17, 15) is 39.3 Å². The first-order valence-electron chi connectivity index (χ1n) is 6.52. The standard InChI is InChI=1S/C12H16N2O9.3K/c1-5(15)13-6(4-9(16)17)10(18)14-7(11(19)20)2-3-8(23-14)12(21)22;;;/h6-8H,2-4H2,1H3,(H,13,15)(H,16,17)(H,19,20)(H,21,22);;;/q;3*+1/p-3/t6-,7+,8-;;;/m1.../s1. The molecule has 0 unspecified atom stereocenters. The van der Waals surface area contributed by atoms with Crippen LogP contribution in [0.3, 0.4) is 0 Å². The number of hydroxylamine groups is 2. The number of carboxylic acid groups (broad SMARTS) is 3. The van der Waals surface area contributed by atoms with Crippen LogP contribution in [0.5, 0.6) is 0 Å². The summed E-state index contributed by atoms with van der Waals surface area (Å²) in [6, 6.07) is -3.31. The summed E-state index contributed by atoms with van der Waals surface area (Å²) in [7, 11) is 0. The Balaban J connectivity index is -0.00000176. The molecular formula is C12H13K3N2O9. The van der Waals surface area contributed by atoms with Gasteiger partial charge in [0.05, 0.1) is 18.0 Å². The number of carboxylic acids is 3. The number of nitrogens with zero attached hydrogens (tertiary/aromatic N) is 1. The van der Waals surface area contributed by atoms with E-state index in [1.165, 1.54) is 0 Å². The Bertz CT molecular complexity index is 530. The summed E-state index contributed by atoms with van der Waals surface area (Å²) in [5.41, 5.74) is 0. The van der Waals surface area contributed by atoms with Gasteiger partial charge in [-0.3, -0.25) is 14.4 Å². The third-order valence-electron chi connectivity index (χ3n) is 3.02. The van der Waals surface area contributed by atoms with Crippen molar-refractivity contribution >= 4 is 29.7 Å². The van der Waals surface area contributed by atoms with Gasteiger partial charge >= 0.3 is 154 Å². The molecule has 0 aliphatic carbocycles. The molecule has 128 valence electrons. The van der Waals surface area contributed by atoms with E-state index in [1.807, 2.05) is 5.32 Å². The molecule has 1 fully saturated rings. The van der Waals surface area contributed by atoms with Crippen LogP contribution in [0, 0.1) is 0 Å². The van der Waals surface area contributed by atoms with Crippen molar-refractivity contribution in [2.45, 2.75) is 44.4 Å². The molecule has 1 saturated heterocycles. The van der Waals surface area contributed by atoms with Gasteiger partial charge in [0.25, 0.3) is 5.91 Å². The van der Waals surface area contributed by atoms with Crippen LogP contribution >= 0.6 is 0 Å². The average Bonchev–Trinajstić information content (AvgIpc) is 2.43. The molecule has 0 radical (unpaired) electrons. The van der Waals surface area contributed by atoms with Crippen molar-refractivity contribution in [3.63, 3.8) is 0 Å². The number of carbonyl (C=O) groups excluding carboxylic acids is 5. The van der Waals surface area contributed by atoms with Crippen molar-refractivity contribution in [2.24, 2.45) is 0 Å². The molecule has 1 aliphatic rings. The van der Waals surface area contributed by atoms with E-state index in [-0.39, 0.29) is 172 Å². The normalized spacial score (nSPS) is 19.5. The first kappa shape index (κ1) is 32.9. The predicted octanol–water partition coefficient (Wildman–Crippen LogP) is -14.6. The van der Waals surface area contributed by atoms with Gasteiger partial charge in [-0.15, -0.1) is 0 Å². The number of rotatable bonds is 6. The van der Waals surface area contributed by atoms with Gasteiger partial charge in [0.2, 0.25) is 5.91 Å². The molecule has 1 rings (SSSR count). The largest absolute Gasteiger partial charge is 1.00 e. The van der Waals surface area contributed by atoms with Crippen molar-refractivity contribution in [1.82, 2.24) is 10.4 Å². The van der Waals surface area contributed by atoms with E-state index < -0.39 is 54.3 Å². The van der Waals surface area contributed by atoms with Crippen molar-refractivity contribution in [2.75, 3.05) is 0 Å². The van der Waals surface area contributed by atoms with Gasteiger partial charge < -0.3 is 35.0 Å². The smallest absolute Gasteiger partial charge is 0.550 e. The second-order valence-corrected chi connectivity index (χ2v) is 4.82. The zero-order valence-corrected chi connectivity index (χ0v) is 24.3. The number of amides is 2. The van der Waals surface area contributed by atoms with Crippen molar-refractivity contribution in [1.29, 1.82) is 0 Å². The van der Waals surface area contributed by atoms with E-state index in [4.69, 9.17) is 4.84 Å². The molecule has 1 aliphatic heterocycles. The van der Waals surface area contributed by atoms with E-state index in [2.05, 4.69) is 0 Å². The molecule has 0 saturated carbocycles. The monoisotopic (exact) mass is 446 g/mol. The van der Waals surface area contributed by atoms with Crippen LogP contribution in [0.25, 0.3) is 0 Å². The molecule has 0 bridgehead atoms. The summed E-state index contributed by atoms with van der Waals surface area (Å²) in [6.07, 6.45) is -3.08. The maximum atomic E-state index is 12.2. The minimum atomic E-state index is -1.72. The SMILES string of the molecule is CC(=O)N[C@H](CC(=O)[O-])C(=O)N1O[C@@H](C(=O)[O-])CC[C@H]1C(=O)[O-].[K+].[K+].[K+]. The van der Waals surface area contributed by atoms with Gasteiger partial charge in [0.15, 0.2) is 0 Å². The Kier molecular flexibility index (Phi) is 20.2. The molecule has 1 heterocycles. The molecule has 2 amide bonds. The van der Waals surface area contributed by atoms with Crippen molar-refractivity contribution in [3.8, 4) is 0 Å². The number of aliphatic carboxylic acids is 3. The van der Waals surface area contributed by atoms with E-state index in [1.54, 1.807) is 0 Å². The fourth-order valence-corrected chi connectivity index (χ4v) is 2.04. The number of hydrogen-bond acceptors (Lipinski definition) is 9. The van der Waals surface area contributed by atoms with Crippen LogP contribution in [0.2, 0.25) is 0 Å². The second kappa shape index (κ2) is 16.0. The first-order chi connectivity index (χ1) is 10.6. The number of hydrogen-bond donors (Lipinski definition) is 1. The summed E-state index contributed by atoms with van der Waals surface area (Å²) >= 11 is 0. The molecule has 0 aromatic rings.